The Morgan fingerprint density at radius 1 is 0.686 bits per heavy atom. The van der Waals surface area contributed by atoms with Gasteiger partial charge in [0.1, 0.15) is 30.1 Å². The van der Waals surface area contributed by atoms with E-state index in [1.165, 1.54) is 49.1 Å². The van der Waals surface area contributed by atoms with Crippen molar-refractivity contribution in [3.8, 4) is 5.75 Å². The summed E-state index contributed by atoms with van der Waals surface area (Å²) in [4.78, 5) is 109. The van der Waals surface area contributed by atoms with Crippen LogP contribution in [-0.2, 0) is 44.8 Å². The van der Waals surface area contributed by atoms with Crippen LogP contribution in [-0.4, -0.2) is 140 Å². The zero-order chi connectivity index (χ0) is 51.9. The quantitative estimate of drug-likeness (QED) is 0.0372. The molecule has 2 aliphatic heterocycles. The van der Waals surface area contributed by atoms with Gasteiger partial charge < -0.3 is 57.2 Å². The number of carbonyl (C=O) groups excluding carboxylic acids is 8. The summed E-state index contributed by atoms with van der Waals surface area (Å²) >= 11 is 0. The average molecular weight is 986 g/mol. The second kappa shape index (κ2) is 30.6. The highest BCUT2D eigenvalue weighted by Gasteiger charge is 2.44. The number of carbonyl (C=O) groups is 8. The number of phenols is 1. The molecule has 8 unspecified atom stereocenters. The number of aryl methyl sites for hydroxylation is 1. The molecule has 0 bridgehead atoms. The number of Topliss-reactive ketones (excluding diaryl/α,β-unsaturated/α-hetero) is 1. The molecule has 2 fully saturated rings. The van der Waals surface area contributed by atoms with Crippen LogP contribution in [0.4, 0.5) is 0 Å². The summed E-state index contributed by atoms with van der Waals surface area (Å²) in [6.45, 7) is 9.33. The van der Waals surface area contributed by atoms with Crippen molar-refractivity contribution in [1.29, 1.82) is 0 Å². The van der Waals surface area contributed by atoms with Crippen molar-refractivity contribution < 1.29 is 58.8 Å². The maximum absolute atomic E-state index is 14.3. The molecule has 0 saturated carbocycles. The van der Waals surface area contributed by atoms with E-state index in [4.69, 9.17) is 5.73 Å². The number of hydrogen-bond donors (Lipinski definition) is 9. The summed E-state index contributed by atoms with van der Waals surface area (Å²) in [5.74, 6) is -4.73. The Labute approximate surface area is 413 Å². The summed E-state index contributed by atoms with van der Waals surface area (Å²) in [5.41, 5.74) is 6.14. The monoisotopic (exact) mass is 986 g/mol. The molecule has 394 valence electrons. The summed E-state index contributed by atoms with van der Waals surface area (Å²) in [6.07, 6.45) is 6.00. The average Bonchev–Trinajstić information content (AvgIpc) is 3.93. The topological polar surface area (TPSA) is 298 Å². The van der Waals surface area contributed by atoms with Gasteiger partial charge in [0.05, 0.1) is 24.8 Å². The van der Waals surface area contributed by atoms with Crippen LogP contribution < -0.4 is 27.0 Å². The predicted molar refractivity (Wildman–Crippen MR) is 262 cm³/mol. The second-order valence-electron chi connectivity index (χ2n) is 19.7. The maximum atomic E-state index is 14.3. The highest BCUT2D eigenvalue weighted by Crippen LogP contribution is 2.27. The normalized spacial score (nSPS) is 20.4. The molecule has 0 radical (unpaired) electrons. The van der Waals surface area contributed by atoms with E-state index in [-0.39, 0.29) is 89.1 Å². The molecule has 1 aromatic carbocycles. The highest BCUT2D eigenvalue weighted by molar-refractivity contribution is 5.97. The second-order valence-corrected chi connectivity index (χ2v) is 19.7. The van der Waals surface area contributed by atoms with E-state index in [9.17, 15) is 58.8 Å². The number of ketones is 1. The Kier molecular flexibility index (Phi) is 25.8. The molecule has 2 saturated heterocycles. The van der Waals surface area contributed by atoms with Crippen LogP contribution in [0, 0.1) is 17.8 Å². The van der Waals surface area contributed by atoms with Crippen molar-refractivity contribution in [1.82, 2.24) is 31.1 Å². The first kappa shape index (κ1) is 59.2. The van der Waals surface area contributed by atoms with Crippen LogP contribution in [0.1, 0.15) is 156 Å². The van der Waals surface area contributed by atoms with Crippen LogP contribution in [0.5, 0.6) is 5.75 Å². The number of aromatic hydroxyl groups is 1. The van der Waals surface area contributed by atoms with Gasteiger partial charge in [-0.2, -0.15) is 0 Å². The number of hydrogen-bond acceptors (Lipinski definition) is 12. The molecule has 1 aromatic rings. The van der Waals surface area contributed by atoms with Gasteiger partial charge in [-0.15, -0.1) is 0 Å². The first-order valence-electron chi connectivity index (χ1n) is 25.7. The number of amides is 7. The Balaban J connectivity index is 1.66. The van der Waals surface area contributed by atoms with Crippen LogP contribution in [0.3, 0.4) is 0 Å². The van der Waals surface area contributed by atoms with Crippen molar-refractivity contribution in [3.05, 3.63) is 29.8 Å². The van der Waals surface area contributed by atoms with E-state index < -0.39 is 96.2 Å². The fourth-order valence-electron chi connectivity index (χ4n) is 9.28. The Morgan fingerprint density at radius 3 is 1.90 bits per heavy atom. The smallest absolute Gasteiger partial charge is 0.245 e. The number of benzene rings is 1. The van der Waals surface area contributed by atoms with Gasteiger partial charge in [-0.25, -0.2) is 0 Å². The molecule has 70 heavy (non-hydrogen) atoms. The third kappa shape index (κ3) is 20.3. The first-order valence-corrected chi connectivity index (χ1v) is 25.7. The van der Waals surface area contributed by atoms with Crippen LogP contribution in [0.15, 0.2) is 24.3 Å². The first-order chi connectivity index (χ1) is 33.3. The molecule has 7 amide bonds. The minimum Gasteiger partial charge on any atom is -0.508 e. The number of nitrogens with zero attached hydrogens (tertiary/aromatic N) is 2. The van der Waals surface area contributed by atoms with Crippen molar-refractivity contribution in [2.75, 3.05) is 19.6 Å². The van der Waals surface area contributed by atoms with Crippen LogP contribution in [0.2, 0.25) is 0 Å². The lowest BCUT2D eigenvalue weighted by Gasteiger charge is -2.30. The lowest BCUT2D eigenvalue weighted by molar-refractivity contribution is -0.144. The standard InChI is InChI=1S/C51H83N7O12/c1-6-32(4)25-33(5)15-13-11-9-10-12-14-16-46(65)53-29-47(66)54-39(7-2)50(69)57-30-37(60)27-41(57)43(62)26-35(20-17-34-18-21-36(59)22-19-34)48(67)55-40(23-24-44(52)63)51(70)58-31-38(61)28-42(58)49(68)56-45(64)8-3/h18-19,21-22,32-33,35,37-42,45,59-61,64H,6-17,20,23-31H2,1-5H3,(H2,52,63)(H,53,65)(H,54,66)(H,55,67)(H,56,68)/t32?,33?,35?,37?,38-,39?,40?,41?,42?,45-/m1/s1. The number of aliphatic hydroxyl groups is 3. The Morgan fingerprint density at radius 2 is 1.29 bits per heavy atom. The van der Waals surface area contributed by atoms with Crippen molar-refractivity contribution in [2.45, 2.75) is 199 Å². The summed E-state index contributed by atoms with van der Waals surface area (Å²) in [6, 6.07) is 1.32. The summed E-state index contributed by atoms with van der Waals surface area (Å²) < 4.78 is 0. The van der Waals surface area contributed by atoms with Gasteiger partial charge in [0, 0.05) is 51.1 Å². The lowest BCUT2D eigenvalue weighted by Crippen LogP contribution is -2.55. The Hall–Kier alpha value is -5.14. The van der Waals surface area contributed by atoms with E-state index in [2.05, 4.69) is 42.0 Å². The molecule has 19 heteroatoms. The van der Waals surface area contributed by atoms with Crippen LogP contribution in [0.25, 0.3) is 0 Å². The Bertz CT molecular complexity index is 1870. The molecule has 19 nitrogen and oxygen atoms in total. The number of aliphatic hydroxyl groups excluding tert-OH is 3. The van der Waals surface area contributed by atoms with Gasteiger partial charge in [-0.05, 0) is 74.5 Å². The largest absolute Gasteiger partial charge is 0.508 e. The number of rotatable bonds is 32. The summed E-state index contributed by atoms with van der Waals surface area (Å²) in [5, 5.41) is 51.5. The molecule has 10 N–H and O–H groups in total. The van der Waals surface area contributed by atoms with Gasteiger partial charge >= 0.3 is 0 Å². The lowest BCUT2D eigenvalue weighted by atomic mass is 9.90. The molecule has 2 aliphatic rings. The fraction of sp³-hybridized carbons (Fsp3) is 0.725. The van der Waals surface area contributed by atoms with Gasteiger partial charge in [-0.3, -0.25) is 38.4 Å². The van der Waals surface area contributed by atoms with Crippen LogP contribution >= 0.6 is 0 Å². The fourth-order valence-corrected chi connectivity index (χ4v) is 9.28. The van der Waals surface area contributed by atoms with E-state index in [1.54, 1.807) is 26.0 Å². The third-order valence-electron chi connectivity index (χ3n) is 13.7. The number of nitrogens with one attached hydrogen (secondary N) is 4. The van der Waals surface area contributed by atoms with Gasteiger partial charge in [0.2, 0.25) is 41.4 Å². The molecule has 10 atom stereocenters. The zero-order valence-corrected chi connectivity index (χ0v) is 42.2. The van der Waals surface area contributed by atoms with Crippen molar-refractivity contribution in [3.63, 3.8) is 0 Å². The number of nitrogens with two attached hydrogens (primary N) is 1. The molecule has 2 heterocycles. The number of likely N-dealkylation sites (tertiary alicyclic amines) is 2. The zero-order valence-electron chi connectivity index (χ0n) is 42.2. The van der Waals surface area contributed by atoms with E-state index in [0.717, 1.165) is 36.0 Å². The molecule has 3 rings (SSSR count). The van der Waals surface area contributed by atoms with Gasteiger partial charge in [0.25, 0.3) is 0 Å². The van der Waals surface area contributed by atoms with Gasteiger partial charge in [-0.1, -0.05) is 91.7 Å². The minimum absolute atomic E-state index is 0.0162. The van der Waals surface area contributed by atoms with Gasteiger partial charge in [0.15, 0.2) is 5.78 Å². The number of phenolic OH excluding ortho intramolecular Hbond substituents is 1. The minimum atomic E-state index is -1.42. The maximum Gasteiger partial charge on any atom is 0.245 e. The predicted octanol–water partition coefficient (Wildman–Crippen LogP) is 2.62. The molecular weight excluding hydrogens is 903 g/mol. The number of β-amino-alcohol motifs (C(OH)–C–C–N with tert-alkyl or cyclic N) is 2. The highest BCUT2D eigenvalue weighted by atomic mass is 16.3. The third-order valence-corrected chi connectivity index (χ3v) is 13.7. The molecule has 0 aliphatic carbocycles. The van der Waals surface area contributed by atoms with E-state index in [1.807, 2.05) is 0 Å². The number of primary amides is 1. The van der Waals surface area contributed by atoms with Crippen molar-refractivity contribution in [2.24, 2.45) is 23.5 Å². The molecular formula is C51H83N7O12. The number of unbranched alkanes of at least 4 members (excludes halogenated alkanes) is 5. The SMILES string of the molecule is CCC(C)CC(C)CCCCCCCCC(=O)NCC(=O)NC(CC)C(=O)N1CC(O)CC1C(=O)CC(CCc1ccc(O)cc1)C(=O)NC(CCC(N)=O)C(=O)N1C[C@H](O)CC1C(=O)N[C@H](O)CC. The van der Waals surface area contributed by atoms with Crippen molar-refractivity contribution >= 4 is 47.1 Å². The van der Waals surface area contributed by atoms with E-state index in [0.29, 0.717) is 12.0 Å². The molecule has 0 spiro atoms. The van der Waals surface area contributed by atoms with E-state index >= 15 is 0 Å². The molecule has 0 aromatic heterocycles. The summed E-state index contributed by atoms with van der Waals surface area (Å²) in [7, 11) is 0.